The molecule has 0 saturated heterocycles. The molecule has 4 N–H and O–H groups in total. The fraction of sp³-hybridized carbons (Fsp3) is 0.368. The molecule has 1 fully saturated rings. The van der Waals surface area contributed by atoms with Crippen molar-refractivity contribution in [2.45, 2.75) is 43.5 Å². The van der Waals surface area contributed by atoms with E-state index in [-0.39, 0.29) is 4.90 Å². The van der Waals surface area contributed by atoms with Gasteiger partial charge in [-0.15, -0.1) is 0 Å². The van der Waals surface area contributed by atoms with Gasteiger partial charge in [0.1, 0.15) is 11.5 Å². The van der Waals surface area contributed by atoms with Crippen LogP contribution in [-0.4, -0.2) is 25.8 Å². The molecule has 1 aromatic heterocycles. The molecule has 1 saturated carbocycles. The van der Waals surface area contributed by atoms with Crippen molar-refractivity contribution in [1.29, 1.82) is 0 Å². The first kappa shape index (κ1) is 20.5. The van der Waals surface area contributed by atoms with Crippen LogP contribution in [0.2, 0.25) is 0 Å². The maximum Gasteiger partial charge on any atom is 0.238 e. The highest BCUT2D eigenvalue weighted by atomic mass is 32.2. The molecular formula is C19H24N4O3S2. The Morgan fingerprint density at radius 3 is 2.61 bits per heavy atom. The summed E-state index contributed by atoms with van der Waals surface area (Å²) in [5.41, 5.74) is 3.56. The minimum Gasteiger partial charge on any atom is -0.455 e. The Morgan fingerprint density at radius 1 is 1.21 bits per heavy atom. The molecule has 150 valence electrons. The van der Waals surface area contributed by atoms with E-state index in [1.807, 2.05) is 0 Å². The SMILES string of the molecule is C[C@@H]1CCCC[C@H]1NC(=S)N/N=C\c1ccc(-c2ccc(S(N)(=O)=O)cc2)o1. The largest absolute Gasteiger partial charge is 0.455 e. The van der Waals surface area contributed by atoms with Gasteiger partial charge in [0.25, 0.3) is 0 Å². The van der Waals surface area contributed by atoms with Crippen LogP contribution < -0.4 is 15.9 Å². The van der Waals surface area contributed by atoms with Crippen LogP contribution in [0.1, 0.15) is 38.4 Å². The van der Waals surface area contributed by atoms with Crippen LogP contribution in [0.25, 0.3) is 11.3 Å². The summed E-state index contributed by atoms with van der Waals surface area (Å²) < 4.78 is 28.3. The number of hydrogen-bond acceptors (Lipinski definition) is 5. The Balaban J connectivity index is 1.56. The lowest BCUT2D eigenvalue weighted by atomic mass is 9.86. The number of primary sulfonamides is 1. The van der Waals surface area contributed by atoms with E-state index in [1.165, 1.54) is 31.4 Å². The third-order valence-electron chi connectivity index (χ3n) is 4.88. The highest BCUT2D eigenvalue weighted by Crippen LogP contribution is 2.24. The fourth-order valence-electron chi connectivity index (χ4n) is 3.27. The molecule has 1 aliphatic carbocycles. The number of sulfonamides is 1. The average Bonchev–Trinajstić information content (AvgIpc) is 3.12. The summed E-state index contributed by atoms with van der Waals surface area (Å²) in [4.78, 5) is 0.0575. The maximum atomic E-state index is 11.3. The number of nitrogens with zero attached hydrogens (tertiary/aromatic N) is 1. The molecule has 7 nitrogen and oxygen atoms in total. The Bertz CT molecular complexity index is 952. The quantitative estimate of drug-likeness (QED) is 0.390. The second-order valence-corrected chi connectivity index (χ2v) is 8.95. The van der Waals surface area contributed by atoms with Crippen LogP contribution in [0.4, 0.5) is 0 Å². The number of nitrogens with one attached hydrogen (secondary N) is 2. The predicted molar refractivity (Wildman–Crippen MR) is 113 cm³/mol. The van der Waals surface area contributed by atoms with E-state index in [1.54, 1.807) is 30.5 Å². The second kappa shape index (κ2) is 8.85. The van der Waals surface area contributed by atoms with Gasteiger partial charge in [-0.25, -0.2) is 13.6 Å². The normalized spacial score (nSPS) is 20.2. The summed E-state index contributed by atoms with van der Waals surface area (Å²) in [6, 6.07) is 10.1. The third kappa shape index (κ3) is 5.40. The van der Waals surface area contributed by atoms with Crippen LogP contribution >= 0.6 is 12.2 Å². The summed E-state index contributed by atoms with van der Waals surface area (Å²) in [6.07, 6.45) is 6.39. The summed E-state index contributed by atoms with van der Waals surface area (Å²) in [6.45, 7) is 2.24. The molecule has 2 aromatic rings. The van der Waals surface area contributed by atoms with Gasteiger partial charge >= 0.3 is 0 Å². The Morgan fingerprint density at radius 2 is 1.93 bits per heavy atom. The van der Waals surface area contributed by atoms with E-state index >= 15 is 0 Å². The van der Waals surface area contributed by atoms with Crippen molar-refractivity contribution in [2.24, 2.45) is 16.2 Å². The Kier molecular flexibility index (Phi) is 6.48. The van der Waals surface area contributed by atoms with Gasteiger partial charge in [-0.2, -0.15) is 5.10 Å². The summed E-state index contributed by atoms with van der Waals surface area (Å²) in [7, 11) is -3.71. The number of thiocarbonyl (C=S) groups is 1. The molecule has 0 aliphatic heterocycles. The number of hydrogen-bond donors (Lipinski definition) is 3. The van der Waals surface area contributed by atoms with Crippen LogP contribution in [0.3, 0.4) is 0 Å². The molecule has 9 heteroatoms. The van der Waals surface area contributed by atoms with Crippen LogP contribution in [-0.2, 0) is 10.0 Å². The van der Waals surface area contributed by atoms with E-state index in [0.717, 1.165) is 12.0 Å². The molecule has 3 rings (SSSR count). The summed E-state index contributed by atoms with van der Waals surface area (Å²) >= 11 is 5.30. The van der Waals surface area contributed by atoms with Crippen LogP contribution in [0.5, 0.6) is 0 Å². The van der Waals surface area contributed by atoms with Crippen molar-refractivity contribution < 1.29 is 12.8 Å². The molecule has 0 bridgehead atoms. The lowest BCUT2D eigenvalue weighted by Crippen LogP contribution is -2.44. The van der Waals surface area contributed by atoms with Gasteiger partial charge in [-0.3, -0.25) is 5.43 Å². The summed E-state index contributed by atoms with van der Waals surface area (Å²) in [5, 5.41) is 13.0. The van der Waals surface area contributed by atoms with Gasteiger partial charge in [0, 0.05) is 11.6 Å². The van der Waals surface area contributed by atoms with Gasteiger partial charge in [0.15, 0.2) is 5.11 Å². The Labute approximate surface area is 170 Å². The molecule has 0 spiro atoms. The van der Waals surface area contributed by atoms with Crippen LogP contribution in [0, 0.1) is 5.92 Å². The monoisotopic (exact) mass is 420 g/mol. The van der Waals surface area contributed by atoms with E-state index in [9.17, 15) is 8.42 Å². The van der Waals surface area contributed by atoms with Crippen molar-refractivity contribution in [3.8, 4) is 11.3 Å². The second-order valence-electron chi connectivity index (χ2n) is 6.98. The topological polar surface area (TPSA) is 110 Å². The number of nitrogens with two attached hydrogens (primary N) is 1. The highest BCUT2D eigenvalue weighted by molar-refractivity contribution is 7.89. The zero-order valence-electron chi connectivity index (χ0n) is 15.6. The third-order valence-corrected chi connectivity index (χ3v) is 6.02. The molecule has 0 unspecified atom stereocenters. The number of rotatable bonds is 5. The zero-order chi connectivity index (χ0) is 20.1. The van der Waals surface area contributed by atoms with Gasteiger partial charge in [0.2, 0.25) is 10.0 Å². The highest BCUT2D eigenvalue weighted by Gasteiger charge is 2.21. The molecule has 2 atom stereocenters. The van der Waals surface area contributed by atoms with E-state index < -0.39 is 10.0 Å². The predicted octanol–water partition coefficient (Wildman–Crippen LogP) is 2.97. The summed E-state index contributed by atoms with van der Waals surface area (Å²) in [5.74, 6) is 1.75. The zero-order valence-corrected chi connectivity index (χ0v) is 17.2. The molecule has 1 heterocycles. The van der Waals surface area contributed by atoms with Crippen molar-refractivity contribution in [3.05, 3.63) is 42.2 Å². The number of benzene rings is 1. The van der Waals surface area contributed by atoms with Crippen molar-refractivity contribution >= 4 is 33.6 Å². The smallest absolute Gasteiger partial charge is 0.238 e. The maximum absolute atomic E-state index is 11.3. The van der Waals surface area contributed by atoms with Crippen molar-refractivity contribution in [2.75, 3.05) is 0 Å². The lowest BCUT2D eigenvalue weighted by Gasteiger charge is -2.30. The Hall–Kier alpha value is -2.23. The fourth-order valence-corrected chi connectivity index (χ4v) is 3.99. The molecule has 1 aromatic carbocycles. The number of furan rings is 1. The van der Waals surface area contributed by atoms with E-state index in [2.05, 4.69) is 22.8 Å². The van der Waals surface area contributed by atoms with Crippen molar-refractivity contribution in [3.63, 3.8) is 0 Å². The average molecular weight is 421 g/mol. The molecule has 0 amide bonds. The van der Waals surface area contributed by atoms with Gasteiger partial charge in [0.05, 0.1) is 11.1 Å². The van der Waals surface area contributed by atoms with Crippen molar-refractivity contribution in [1.82, 2.24) is 10.7 Å². The number of hydrazone groups is 1. The van der Waals surface area contributed by atoms with Gasteiger partial charge in [-0.1, -0.05) is 19.8 Å². The minimum atomic E-state index is -3.71. The van der Waals surface area contributed by atoms with Crippen LogP contribution in [0.15, 0.2) is 50.8 Å². The molecule has 1 aliphatic rings. The first-order valence-electron chi connectivity index (χ1n) is 9.15. The van der Waals surface area contributed by atoms with Gasteiger partial charge < -0.3 is 9.73 Å². The van der Waals surface area contributed by atoms with E-state index in [4.69, 9.17) is 21.8 Å². The standard InChI is InChI=1S/C19H24N4O3S2/c1-13-4-2-3-5-17(13)22-19(27)23-21-12-15-8-11-18(26-15)14-6-9-16(10-7-14)28(20,24)25/h6-13,17H,2-5H2,1H3,(H2,20,24,25)(H2,22,23,27)/b21-12-/t13-,17-/m1/s1. The molecule has 28 heavy (non-hydrogen) atoms. The molecular weight excluding hydrogens is 396 g/mol. The van der Waals surface area contributed by atoms with E-state index in [0.29, 0.717) is 28.6 Å². The molecule has 0 radical (unpaired) electrons. The lowest BCUT2D eigenvalue weighted by molar-refractivity contribution is 0.308. The minimum absolute atomic E-state index is 0.0575. The first-order valence-corrected chi connectivity index (χ1v) is 11.1. The first-order chi connectivity index (χ1) is 13.3. The van der Waals surface area contributed by atoms with Gasteiger partial charge in [-0.05, 0) is 67.4 Å².